The molecule has 2 amide bonds. The van der Waals surface area contributed by atoms with Gasteiger partial charge in [0.15, 0.2) is 6.61 Å². The predicted molar refractivity (Wildman–Crippen MR) is 167 cm³/mol. The Kier molecular flexibility index (Phi) is 7.55. The first-order valence-electron chi connectivity index (χ1n) is 13.8. The van der Waals surface area contributed by atoms with E-state index in [-0.39, 0.29) is 18.4 Å². The molecule has 210 valence electrons. The highest BCUT2D eigenvalue weighted by atomic mass is 35.5. The first kappa shape index (κ1) is 27.4. The minimum atomic E-state index is -0.198. The van der Waals surface area contributed by atoms with Crippen LogP contribution in [0.4, 0.5) is 11.4 Å². The van der Waals surface area contributed by atoms with E-state index < -0.39 is 0 Å². The van der Waals surface area contributed by atoms with E-state index in [2.05, 4.69) is 30.4 Å². The fourth-order valence-electron chi connectivity index (χ4n) is 5.39. The Labute approximate surface area is 250 Å². The molecule has 1 aliphatic heterocycles. The normalized spacial score (nSPS) is 12.2. The predicted octanol–water partition coefficient (Wildman–Crippen LogP) is 7.65. The summed E-state index contributed by atoms with van der Waals surface area (Å²) in [5, 5.41) is 3.71. The van der Waals surface area contributed by atoms with Gasteiger partial charge in [-0.3, -0.25) is 9.59 Å². The molecule has 2 heterocycles. The van der Waals surface area contributed by atoms with Gasteiger partial charge in [-0.05, 0) is 96.3 Å². The van der Waals surface area contributed by atoms with Crippen molar-refractivity contribution >= 4 is 34.8 Å². The maximum Gasteiger partial charge on any atom is 0.272 e. The van der Waals surface area contributed by atoms with Crippen molar-refractivity contribution < 1.29 is 14.3 Å². The number of hydrogen-bond acceptors (Lipinski definition) is 3. The van der Waals surface area contributed by atoms with Crippen molar-refractivity contribution in [3.63, 3.8) is 0 Å². The van der Waals surface area contributed by atoms with Crippen LogP contribution in [0, 0.1) is 13.8 Å². The molecule has 0 radical (unpaired) electrons. The van der Waals surface area contributed by atoms with E-state index in [9.17, 15) is 9.59 Å². The molecule has 1 aliphatic rings. The van der Waals surface area contributed by atoms with Gasteiger partial charge < -0.3 is 19.5 Å². The summed E-state index contributed by atoms with van der Waals surface area (Å²) >= 11 is 5.97. The number of carbonyl (C=O) groups excluding carboxylic acids is 2. The average molecular weight is 576 g/mol. The first-order valence-corrected chi connectivity index (χ1v) is 14.2. The third-order valence-corrected chi connectivity index (χ3v) is 7.89. The lowest BCUT2D eigenvalue weighted by Crippen LogP contribution is -2.34. The van der Waals surface area contributed by atoms with Gasteiger partial charge in [-0.15, -0.1) is 0 Å². The van der Waals surface area contributed by atoms with Crippen LogP contribution in [0.5, 0.6) is 5.75 Å². The highest BCUT2D eigenvalue weighted by Gasteiger charge is 2.27. The van der Waals surface area contributed by atoms with Gasteiger partial charge in [0.1, 0.15) is 11.4 Å². The Bertz CT molecular complexity index is 1790. The van der Waals surface area contributed by atoms with Crippen molar-refractivity contribution in [2.45, 2.75) is 26.9 Å². The van der Waals surface area contributed by atoms with Crippen LogP contribution in [0.15, 0.2) is 103 Å². The summed E-state index contributed by atoms with van der Waals surface area (Å²) in [6, 6.07) is 32.8. The van der Waals surface area contributed by atoms with Crippen LogP contribution in [-0.4, -0.2) is 23.0 Å². The van der Waals surface area contributed by atoms with Crippen molar-refractivity contribution in [2.75, 3.05) is 16.8 Å². The SMILES string of the molecule is Cc1cc(-c2ccccc2C)ccc1NC(=O)c1ccc2n1Cc1ccccc1N(C(=O)COc1ccc(Cl)cc1)C2. The number of carbonyl (C=O) groups is 2. The fourth-order valence-corrected chi connectivity index (χ4v) is 5.52. The summed E-state index contributed by atoms with van der Waals surface area (Å²) in [6.45, 7) is 4.76. The molecule has 1 N–H and O–H groups in total. The third-order valence-electron chi connectivity index (χ3n) is 7.64. The second-order valence-corrected chi connectivity index (χ2v) is 10.9. The number of benzene rings is 4. The van der Waals surface area contributed by atoms with Crippen molar-refractivity contribution in [2.24, 2.45) is 0 Å². The molecule has 5 aromatic rings. The van der Waals surface area contributed by atoms with Crippen molar-refractivity contribution in [3.8, 4) is 16.9 Å². The van der Waals surface area contributed by atoms with Gasteiger partial charge in [-0.25, -0.2) is 0 Å². The molecule has 7 heteroatoms. The van der Waals surface area contributed by atoms with Crippen LogP contribution >= 0.6 is 11.6 Å². The third kappa shape index (κ3) is 5.54. The molecule has 0 unspecified atom stereocenters. The van der Waals surface area contributed by atoms with E-state index in [1.165, 1.54) is 11.1 Å². The van der Waals surface area contributed by atoms with Crippen LogP contribution in [-0.2, 0) is 17.9 Å². The van der Waals surface area contributed by atoms with Crippen LogP contribution < -0.4 is 15.0 Å². The van der Waals surface area contributed by atoms with Crippen LogP contribution in [0.1, 0.15) is 32.9 Å². The van der Waals surface area contributed by atoms with Crippen molar-refractivity contribution in [1.29, 1.82) is 0 Å². The number of nitrogens with one attached hydrogen (secondary N) is 1. The molecule has 1 aromatic heterocycles. The van der Waals surface area contributed by atoms with Crippen LogP contribution in [0.2, 0.25) is 5.02 Å². The minimum absolute atomic E-state index is 0.123. The van der Waals surface area contributed by atoms with Crippen LogP contribution in [0.3, 0.4) is 0 Å². The van der Waals surface area contributed by atoms with Gasteiger partial charge in [-0.2, -0.15) is 0 Å². The molecule has 0 saturated heterocycles. The van der Waals surface area contributed by atoms with Gasteiger partial charge >= 0.3 is 0 Å². The minimum Gasteiger partial charge on any atom is -0.484 e. The molecule has 6 nitrogen and oxygen atoms in total. The Morgan fingerprint density at radius 3 is 2.38 bits per heavy atom. The maximum absolute atomic E-state index is 13.6. The number of hydrogen-bond donors (Lipinski definition) is 1. The lowest BCUT2D eigenvalue weighted by Gasteiger charge is -2.22. The Hall–Kier alpha value is -4.81. The molecule has 6 rings (SSSR count). The lowest BCUT2D eigenvalue weighted by molar-refractivity contribution is -0.120. The molecule has 0 fully saturated rings. The number of aromatic nitrogens is 1. The highest BCUT2D eigenvalue weighted by molar-refractivity contribution is 6.30. The van der Waals surface area contributed by atoms with Gasteiger partial charge in [0.25, 0.3) is 11.8 Å². The van der Waals surface area contributed by atoms with Crippen LogP contribution in [0.25, 0.3) is 11.1 Å². The van der Waals surface area contributed by atoms with E-state index in [1.54, 1.807) is 29.2 Å². The molecule has 4 aromatic carbocycles. The summed E-state index contributed by atoms with van der Waals surface area (Å²) in [6.07, 6.45) is 0. The lowest BCUT2D eigenvalue weighted by atomic mass is 9.98. The summed E-state index contributed by atoms with van der Waals surface area (Å²) < 4.78 is 7.75. The van der Waals surface area contributed by atoms with Gasteiger partial charge in [0.2, 0.25) is 0 Å². The van der Waals surface area contributed by atoms with E-state index in [4.69, 9.17) is 16.3 Å². The monoisotopic (exact) mass is 575 g/mol. The Balaban J connectivity index is 1.23. The zero-order valence-electron chi connectivity index (χ0n) is 23.4. The molecule has 0 aliphatic carbocycles. The van der Waals surface area contributed by atoms with Crippen molar-refractivity contribution in [1.82, 2.24) is 4.57 Å². The molecular weight excluding hydrogens is 546 g/mol. The summed E-state index contributed by atoms with van der Waals surface area (Å²) in [5.41, 5.74) is 8.38. The molecule has 0 spiro atoms. The molecule has 42 heavy (non-hydrogen) atoms. The second kappa shape index (κ2) is 11.6. The smallest absolute Gasteiger partial charge is 0.272 e. The number of para-hydroxylation sites is 1. The standard InChI is InChI=1S/C35H30ClN3O3/c1-23-7-3-5-9-30(23)25-11-17-31(24(2)19-25)37-35(41)33-18-14-28-21-39(32-10-6-4-8-26(32)20-38(28)33)34(40)22-42-29-15-12-27(36)13-16-29/h3-19H,20-22H2,1-2H3,(H,37,41). The van der Waals surface area contributed by atoms with Gasteiger partial charge in [0.05, 0.1) is 13.1 Å². The molecular formula is C35H30ClN3O3. The van der Waals surface area contributed by atoms with E-state index in [1.807, 2.05) is 72.2 Å². The molecule has 0 bridgehead atoms. The summed E-state index contributed by atoms with van der Waals surface area (Å²) in [5.74, 6) is 0.194. The zero-order valence-corrected chi connectivity index (χ0v) is 24.2. The topological polar surface area (TPSA) is 63.6 Å². The summed E-state index contributed by atoms with van der Waals surface area (Å²) in [7, 11) is 0. The second-order valence-electron chi connectivity index (χ2n) is 10.4. The number of nitrogens with zero attached hydrogens (tertiary/aromatic N) is 2. The first-order chi connectivity index (χ1) is 20.4. The number of rotatable bonds is 6. The zero-order chi connectivity index (χ0) is 29.2. The highest BCUT2D eigenvalue weighted by Crippen LogP contribution is 2.31. The largest absolute Gasteiger partial charge is 0.484 e. The average Bonchev–Trinajstić information content (AvgIpc) is 3.31. The number of fused-ring (bicyclic) bond motifs is 2. The van der Waals surface area contributed by atoms with Crippen molar-refractivity contribution in [3.05, 3.63) is 136 Å². The number of ether oxygens (including phenoxy) is 1. The number of halogens is 1. The number of aryl methyl sites for hydroxylation is 2. The number of amides is 2. The Morgan fingerprint density at radius 1 is 0.833 bits per heavy atom. The van der Waals surface area contributed by atoms with E-state index in [0.717, 1.165) is 33.8 Å². The van der Waals surface area contributed by atoms with E-state index in [0.29, 0.717) is 29.6 Å². The fraction of sp³-hybridized carbons (Fsp3) is 0.143. The van der Waals surface area contributed by atoms with Gasteiger partial charge in [-0.1, -0.05) is 60.1 Å². The summed E-state index contributed by atoms with van der Waals surface area (Å²) in [4.78, 5) is 28.7. The molecule has 0 atom stereocenters. The Morgan fingerprint density at radius 2 is 1.60 bits per heavy atom. The number of anilines is 2. The molecule has 0 saturated carbocycles. The van der Waals surface area contributed by atoms with Gasteiger partial charge in [0, 0.05) is 22.1 Å². The quantitative estimate of drug-likeness (QED) is 0.226. The maximum atomic E-state index is 13.6. The van der Waals surface area contributed by atoms with E-state index >= 15 is 0 Å².